The molecule has 3 rings (SSSR count). The summed E-state index contributed by atoms with van der Waals surface area (Å²) in [5.74, 6) is 2.23. The molecule has 0 spiro atoms. The van der Waals surface area contributed by atoms with Gasteiger partial charge in [-0.25, -0.2) is 4.98 Å². The van der Waals surface area contributed by atoms with Gasteiger partial charge in [0.15, 0.2) is 5.75 Å². The van der Waals surface area contributed by atoms with E-state index in [0.717, 1.165) is 24.3 Å². The second-order valence-electron chi connectivity index (χ2n) is 6.32. The number of nitrogens with zero attached hydrogens (tertiary/aromatic N) is 1. The molecule has 0 amide bonds. The topological polar surface area (TPSA) is 43.4 Å². The van der Waals surface area contributed by atoms with Crippen LogP contribution in [0.15, 0.2) is 30.3 Å². The highest BCUT2D eigenvalue weighted by atomic mass is 35.5. The van der Waals surface area contributed by atoms with Gasteiger partial charge in [0, 0.05) is 18.2 Å². The van der Waals surface area contributed by atoms with Crippen molar-refractivity contribution in [3.05, 3.63) is 46.6 Å². The van der Waals surface area contributed by atoms with Gasteiger partial charge < -0.3 is 14.8 Å². The lowest BCUT2D eigenvalue weighted by atomic mass is 10.0. The number of pyridine rings is 1. The quantitative estimate of drug-likeness (QED) is 0.864. The van der Waals surface area contributed by atoms with Crippen LogP contribution in [0, 0.1) is 19.8 Å². The molecule has 0 bridgehead atoms. The second-order valence-corrected chi connectivity index (χ2v) is 6.72. The smallest absolute Gasteiger partial charge is 0.262 e. The van der Waals surface area contributed by atoms with Gasteiger partial charge >= 0.3 is 0 Å². The first-order valence-corrected chi connectivity index (χ1v) is 8.75. The molecule has 4 nitrogen and oxygen atoms in total. The van der Waals surface area contributed by atoms with Gasteiger partial charge in [-0.3, -0.25) is 0 Å². The van der Waals surface area contributed by atoms with E-state index in [0.29, 0.717) is 34.9 Å². The normalized spacial score (nSPS) is 17.5. The third-order valence-electron chi connectivity index (χ3n) is 4.13. The summed E-state index contributed by atoms with van der Waals surface area (Å²) < 4.78 is 11.9. The lowest BCUT2D eigenvalue weighted by molar-refractivity contribution is 0.211. The van der Waals surface area contributed by atoms with Crippen molar-refractivity contribution in [1.82, 2.24) is 10.3 Å². The predicted octanol–water partition coefficient (Wildman–Crippen LogP) is 4.52. The Hall–Kier alpha value is -1.78. The number of halogens is 1. The van der Waals surface area contributed by atoms with E-state index < -0.39 is 0 Å². The molecule has 2 heterocycles. The van der Waals surface area contributed by atoms with Crippen molar-refractivity contribution in [3.8, 4) is 17.4 Å². The van der Waals surface area contributed by atoms with Crippen LogP contribution >= 0.6 is 11.6 Å². The Morgan fingerprint density at radius 2 is 2.04 bits per heavy atom. The molecule has 1 aromatic heterocycles. The van der Waals surface area contributed by atoms with Gasteiger partial charge in [0.1, 0.15) is 5.75 Å². The molecule has 1 aliphatic rings. The number of rotatable bonds is 5. The van der Waals surface area contributed by atoms with Gasteiger partial charge in [-0.15, -0.1) is 0 Å². The number of hydrogen-bond acceptors (Lipinski definition) is 4. The molecular formula is C19H23ClN2O2. The first-order valence-electron chi connectivity index (χ1n) is 8.37. The van der Waals surface area contributed by atoms with Crippen molar-refractivity contribution in [1.29, 1.82) is 0 Å². The number of hydrogen-bond donors (Lipinski definition) is 1. The minimum atomic E-state index is 0.463. The monoisotopic (exact) mass is 346 g/mol. The SMILES string of the molecule is Cc1ccc(Oc2nc(C)ccc2OCC2CCCNC2)c(Cl)c1. The summed E-state index contributed by atoms with van der Waals surface area (Å²) in [6.45, 7) is 6.68. The van der Waals surface area contributed by atoms with Crippen LogP contribution < -0.4 is 14.8 Å². The Morgan fingerprint density at radius 3 is 2.79 bits per heavy atom. The van der Waals surface area contributed by atoms with Crippen LogP contribution in [-0.4, -0.2) is 24.7 Å². The molecule has 1 saturated heterocycles. The van der Waals surface area contributed by atoms with Crippen LogP contribution in [0.1, 0.15) is 24.1 Å². The van der Waals surface area contributed by atoms with Gasteiger partial charge in [0.05, 0.1) is 11.6 Å². The van der Waals surface area contributed by atoms with E-state index in [1.165, 1.54) is 12.8 Å². The lowest BCUT2D eigenvalue weighted by Crippen LogP contribution is -2.33. The lowest BCUT2D eigenvalue weighted by Gasteiger charge is -2.23. The highest BCUT2D eigenvalue weighted by Gasteiger charge is 2.16. The molecule has 128 valence electrons. The zero-order valence-corrected chi connectivity index (χ0v) is 14.9. The Bertz CT molecular complexity index is 700. The Labute approximate surface area is 148 Å². The molecule has 1 aliphatic heterocycles. The fourth-order valence-corrected chi connectivity index (χ4v) is 3.04. The van der Waals surface area contributed by atoms with E-state index in [1.807, 2.05) is 44.2 Å². The average molecular weight is 347 g/mol. The molecule has 1 fully saturated rings. The molecule has 2 aromatic rings. The average Bonchev–Trinajstić information content (AvgIpc) is 2.57. The van der Waals surface area contributed by atoms with Crippen molar-refractivity contribution in [2.24, 2.45) is 5.92 Å². The fraction of sp³-hybridized carbons (Fsp3) is 0.421. The van der Waals surface area contributed by atoms with Crippen LogP contribution in [0.25, 0.3) is 0 Å². The molecule has 5 heteroatoms. The number of ether oxygens (including phenoxy) is 2. The molecule has 1 aromatic carbocycles. The van der Waals surface area contributed by atoms with Gasteiger partial charge in [0.2, 0.25) is 0 Å². The largest absolute Gasteiger partial charge is 0.488 e. The molecule has 1 atom stereocenters. The van der Waals surface area contributed by atoms with Gasteiger partial charge in [-0.05, 0) is 63.1 Å². The Kier molecular flexibility index (Phi) is 5.59. The minimum Gasteiger partial charge on any atom is -0.488 e. The Morgan fingerprint density at radius 1 is 1.21 bits per heavy atom. The van der Waals surface area contributed by atoms with Crippen LogP contribution in [0.3, 0.4) is 0 Å². The molecule has 24 heavy (non-hydrogen) atoms. The fourth-order valence-electron chi connectivity index (χ4n) is 2.77. The first-order chi connectivity index (χ1) is 11.6. The van der Waals surface area contributed by atoms with Crippen molar-refractivity contribution in [2.75, 3.05) is 19.7 Å². The molecule has 0 saturated carbocycles. The number of aryl methyl sites for hydroxylation is 2. The van der Waals surface area contributed by atoms with Gasteiger partial charge in [-0.1, -0.05) is 17.7 Å². The summed E-state index contributed by atoms with van der Waals surface area (Å²) in [7, 11) is 0. The highest BCUT2D eigenvalue weighted by Crippen LogP contribution is 2.34. The zero-order chi connectivity index (χ0) is 16.9. The van der Waals surface area contributed by atoms with Crippen molar-refractivity contribution >= 4 is 11.6 Å². The maximum atomic E-state index is 6.27. The van der Waals surface area contributed by atoms with Gasteiger partial charge in [0.25, 0.3) is 5.88 Å². The van der Waals surface area contributed by atoms with Gasteiger partial charge in [-0.2, -0.15) is 0 Å². The molecule has 1 unspecified atom stereocenters. The third kappa shape index (κ3) is 4.40. The Balaban J connectivity index is 1.74. The maximum Gasteiger partial charge on any atom is 0.262 e. The second kappa shape index (κ2) is 7.86. The number of benzene rings is 1. The van der Waals surface area contributed by atoms with E-state index in [-0.39, 0.29) is 0 Å². The van der Waals surface area contributed by atoms with E-state index in [1.54, 1.807) is 0 Å². The summed E-state index contributed by atoms with van der Waals surface area (Å²) in [4.78, 5) is 4.47. The van der Waals surface area contributed by atoms with E-state index in [4.69, 9.17) is 21.1 Å². The van der Waals surface area contributed by atoms with Crippen LogP contribution in [-0.2, 0) is 0 Å². The summed E-state index contributed by atoms with van der Waals surface area (Å²) >= 11 is 6.27. The van der Waals surface area contributed by atoms with Crippen LogP contribution in [0.4, 0.5) is 0 Å². The molecular weight excluding hydrogens is 324 g/mol. The van der Waals surface area contributed by atoms with E-state index in [2.05, 4.69) is 10.3 Å². The highest BCUT2D eigenvalue weighted by molar-refractivity contribution is 6.32. The van der Waals surface area contributed by atoms with Crippen molar-refractivity contribution < 1.29 is 9.47 Å². The first kappa shape index (κ1) is 17.1. The van der Waals surface area contributed by atoms with Crippen LogP contribution in [0.2, 0.25) is 5.02 Å². The molecule has 0 aliphatic carbocycles. The summed E-state index contributed by atoms with van der Waals surface area (Å²) in [6.07, 6.45) is 2.38. The maximum absolute atomic E-state index is 6.27. The van der Waals surface area contributed by atoms with E-state index in [9.17, 15) is 0 Å². The summed E-state index contributed by atoms with van der Waals surface area (Å²) in [6, 6.07) is 9.54. The zero-order valence-electron chi connectivity index (χ0n) is 14.1. The summed E-state index contributed by atoms with van der Waals surface area (Å²) in [5.41, 5.74) is 1.96. The molecule has 0 radical (unpaired) electrons. The number of aromatic nitrogens is 1. The standard InChI is InChI=1S/C19H23ClN2O2/c1-13-5-7-17(16(20)10-13)24-19-18(8-6-14(2)22-19)23-12-15-4-3-9-21-11-15/h5-8,10,15,21H,3-4,9,11-12H2,1-2H3. The van der Waals surface area contributed by atoms with Crippen molar-refractivity contribution in [3.63, 3.8) is 0 Å². The summed E-state index contributed by atoms with van der Waals surface area (Å²) in [5, 5.41) is 3.97. The number of piperidine rings is 1. The minimum absolute atomic E-state index is 0.463. The molecule has 1 N–H and O–H groups in total. The van der Waals surface area contributed by atoms with Crippen LogP contribution in [0.5, 0.6) is 17.4 Å². The van der Waals surface area contributed by atoms with Crippen molar-refractivity contribution in [2.45, 2.75) is 26.7 Å². The predicted molar refractivity (Wildman–Crippen MR) is 96.3 cm³/mol. The third-order valence-corrected chi connectivity index (χ3v) is 4.43. The van der Waals surface area contributed by atoms with E-state index >= 15 is 0 Å². The number of nitrogens with one attached hydrogen (secondary N) is 1.